The lowest BCUT2D eigenvalue weighted by Gasteiger charge is -2.09. The summed E-state index contributed by atoms with van der Waals surface area (Å²) in [5, 5.41) is 15.8. The molecule has 0 fully saturated rings. The molecule has 0 saturated carbocycles. The first-order valence-electron chi connectivity index (χ1n) is 7.86. The van der Waals surface area contributed by atoms with E-state index < -0.39 is 4.92 Å². The van der Waals surface area contributed by atoms with Gasteiger partial charge in [-0.2, -0.15) is 0 Å². The van der Waals surface area contributed by atoms with Gasteiger partial charge in [0.25, 0.3) is 5.91 Å². The summed E-state index contributed by atoms with van der Waals surface area (Å²) in [5.74, 6) is -0.0900. The smallest absolute Gasteiger partial charge is 0.312 e. The summed E-state index contributed by atoms with van der Waals surface area (Å²) < 4.78 is 5.57. The quantitative estimate of drug-likeness (QED) is 0.371. The molecule has 0 spiro atoms. The van der Waals surface area contributed by atoms with Crippen LogP contribution in [0.5, 0.6) is 11.5 Å². The van der Waals surface area contributed by atoms with Gasteiger partial charge in [0.15, 0.2) is 5.78 Å². The van der Waals surface area contributed by atoms with Gasteiger partial charge in [0, 0.05) is 17.3 Å². The molecule has 136 valence electrons. The van der Waals surface area contributed by atoms with E-state index in [1.807, 2.05) is 5.38 Å². The predicted octanol–water partition coefficient (Wildman–Crippen LogP) is 4.90. The van der Waals surface area contributed by atoms with Crippen LogP contribution in [-0.2, 0) is 0 Å². The normalized spacial score (nSPS) is 10.3. The molecular formula is C19H14N2O5S. The lowest BCUT2D eigenvalue weighted by Crippen LogP contribution is -2.09. The molecule has 8 heteroatoms. The number of nitrogens with zero attached hydrogens (tertiary/aromatic N) is 1. The van der Waals surface area contributed by atoms with E-state index in [-0.39, 0.29) is 28.7 Å². The molecule has 1 heterocycles. The lowest BCUT2D eigenvalue weighted by molar-refractivity contribution is -0.385. The van der Waals surface area contributed by atoms with Crippen molar-refractivity contribution in [3.63, 3.8) is 0 Å². The highest BCUT2D eigenvalue weighted by Crippen LogP contribution is 2.32. The Balaban J connectivity index is 1.76. The average molecular weight is 382 g/mol. The lowest BCUT2D eigenvalue weighted by atomic mass is 10.1. The van der Waals surface area contributed by atoms with E-state index in [1.165, 1.54) is 36.5 Å². The molecule has 3 rings (SSSR count). The first-order chi connectivity index (χ1) is 12.9. The number of amides is 1. The fourth-order valence-electron chi connectivity index (χ4n) is 2.30. The van der Waals surface area contributed by atoms with Crippen molar-refractivity contribution in [1.82, 2.24) is 0 Å². The molecule has 0 radical (unpaired) electrons. The molecule has 2 aromatic carbocycles. The summed E-state index contributed by atoms with van der Waals surface area (Å²) in [6.07, 6.45) is 0. The number of nitro benzene ring substituents is 1. The van der Waals surface area contributed by atoms with E-state index in [0.717, 1.165) is 0 Å². The number of Topliss-reactive ketones (excluding diaryl/α,β-unsaturated/α-hetero) is 1. The van der Waals surface area contributed by atoms with Gasteiger partial charge in [0.05, 0.1) is 9.80 Å². The highest BCUT2D eigenvalue weighted by molar-refractivity contribution is 7.12. The van der Waals surface area contributed by atoms with Crippen molar-refractivity contribution in [2.24, 2.45) is 0 Å². The molecule has 7 nitrogen and oxygen atoms in total. The molecule has 0 saturated heterocycles. The molecular weight excluding hydrogens is 368 g/mol. The van der Waals surface area contributed by atoms with Crippen LogP contribution in [-0.4, -0.2) is 16.6 Å². The zero-order chi connectivity index (χ0) is 19.4. The van der Waals surface area contributed by atoms with Gasteiger partial charge in [0.1, 0.15) is 5.75 Å². The van der Waals surface area contributed by atoms with Crippen molar-refractivity contribution >= 4 is 34.4 Å². The van der Waals surface area contributed by atoms with E-state index in [4.69, 9.17) is 4.74 Å². The van der Waals surface area contributed by atoms with Gasteiger partial charge >= 0.3 is 5.69 Å². The van der Waals surface area contributed by atoms with Gasteiger partial charge in [-0.1, -0.05) is 6.07 Å². The number of ketones is 1. The summed E-state index contributed by atoms with van der Waals surface area (Å²) in [5.41, 5.74) is 0.514. The van der Waals surface area contributed by atoms with Crippen molar-refractivity contribution in [3.05, 3.63) is 80.5 Å². The molecule has 0 unspecified atom stereocenters. The third-order valence-corrected chi connectivity index (χ3v) is 4.52. The van der Waals surface area contributed by atoms with Crippen LogP contribution in [0.2, 0.25) is 0 Å². The predicted molar refractivity (Wildman–Crippen MR) is 102 cm³/mol. The SMILES string of the molecule is CC(=O)c1ccc(Oc2ccc(NC(=O)c3cccs3)cc2)c([N+](=O)[O-])c1. The van der Waals surface area contributed by atoms with Gasteiger partial charge in [-0.3, -0.25) is 19.7 Å². The van der Waals surface area contributed by atoms with Crippen LogP contribution in [0.25, 0.3) is 0 Å². The fourth-order valence-corrected chi connectivity index (χ4v) is 2.92. The Morgan fingerprint density at radius 1 is 1.11 bits per heavy atom. The molecule has 0 aliphatic heterocycles. The largest absolute Gasteiger partial charge is 0.450 e. The standard InChI is InChI=1S/C19H14N2O5S/c1-12(22)13-4-9-17(16(11-13)21(24)25)26-15-7-5-14(6-8-15)20-19(23)18-3-2-10-27-18/h2-11H,1H3,(H,20,23). The highest BCUT2D eigenvalue weighted by atomic mass is 32.1. The summed E-state index contributed by atoms with van der Waals surface area (Å²) >= 11 is 1.34. The van der Waals surface area contributed by atoms with Crippen molar-refractivity contribution in [3.8, 4) is 11.5 Å². The van der Waals surface area contributed by atoms with Crippen LogP contribution in [0.1, 0.15) is 27.0 Å². The molecule has 1 amide bonds. The molecule has 0 bridgehead atoms. The van der Waals surface area contributed by atoms with Crippen LogP contribution in [0.15, 0.2) is 60.0 Å². The minimum Gasteiger partial charge on any atom is -0.450 e. The zero-order valence-electron chi connectivity index (χ0n) is 14.2. The van der Waals surface area contributed by atoms with Gasteiger partial charge in [0.2, 0.25) is 5.75 Å². The number of carbonyl (C=O) groups excluding carboxylic acids is 2. The Morgan fingerprint density at radius 3 is 2.44 bits per heavy atom. The molecule has 1 aromatic heterocycles. The van der Waals surface area contributed by atoms with E-state index in [2.05, 4.69) is 5.32 Å². The first-order valence-corrected chi connectivity index (χ1v) is 8.74. The fraction of sp³-hybridized carbons (Fsp3) is 0.0526. The number of anilines is 1. The number of hydrogen-bond donors (Lipinski definition) is 1. The number of nitro groups is 1. The minimum atomic E-state index is -0.600. The van der Waals surface area contributed by atoms with Crippen molar-refractivity contribution in [2.45, 2.75) is 6.92 Å². The molecule has 0 aliphatic rings. The topological polar surface area (TPSA) is 98.5 Å². The van der Waals surface area contributed by atoms with Gasteiger partial charge < -0.3 is 10.1 Å². The maximum absolute atomic E-state index is 12.0. The number of carbonyl (C=O) groups is 2. The summed E-state index contributed by atoms with van der Waals surface area (Å²) in [6, 6.07) is 14.0. The number of nitrogens with one attached hydrogen (secondary N) is 1. The van der Waals surface area contributed by atoms with E-state index in [0.29, 0.717) is 16.3 Å². The maximum atomic E-state index is 12.0. The monoisotopic (exact) mass is 382 g/mol. The second-order valence-corrected chi connectivity index (χ2v) is 6.50. The Labute approximate surface area is 158 Å². The van der Waals surface area contributed by atoms with Crippen molar-refractivity contribution < 1.29 is 19.2 Å². The van der Waals surface area contributed by atoms with Crippen LogP contribution < -0.4 is 10.1 Å². The third-order valence-electron chi connectivity index (χ3n) is 3.65. The van der Waals surface area contributed by atoms with E-state index >= 15 is 0 Å². The molecule has 27 heavy (non-hydrogen) atoms. The summed E-state index contributed by atoms with van der Waals surface area (Å²) in [7, 11) is 0. The Morgan fingerprint density at radius 2 is 1.85 bits per heavy atom. The van der Waals surface area contributed by atoms with Crippen LogP contribution >= 0.6 is 11.3 Å². The first kappa shape index (κ1) is 18.3. The number of hydrogen-bond acceptors (Lipinski definition) is 6. The van der Waals surface area contributed by atoms with Gasteiger partial charge in [-0.15, -0.1) is 11.3 Å². The Hall–Kier alpha value is -3.52. The summed E-state index contributed by atoms with van der Waals surface area (Å²) in [4.78, 5) is 34.7. The van der Waals surface area contributed by atoms with Crippen LogP contribution in [0, 0.1) is 10.1 Å². The van der Waals surface area contributed by atoms with E-state index in [9.17, 15) is 19.7 Å². The third kappa shape index (κ3) is 4.36. The molecule has 3 aromatic rings. The van der Waals surface area contributed by atoms with Crippen molar-refractivity contribution in [1.29, 1.82) is 0 Å². The van der Waals surface area contributed by atoms with Gasteiger partial charge in [-0.05, 0) is 54.8 Å². The van der Waals surface area contributed by atoms with Crippen LogP contribution in [0.4, 0.5) is 11.4 Å². The van der Waals surface area contributed by atoms with Crippen molar-refractivity contribution in [2.75, 3.05) is 5.32 Å². The molecule has 1 N–H and O–H groups in total. The van der Waals surface area contributed by atoms with E-state index in [1.54, 1.807) is 36.4 Å². The number of rotatable bonds is 6. The van der Waals surface area contributed by atoms with Crippen LogP contribution in [0.3, 0.4) is 0 Å². The number of ether oxygens (including phenoxy) is 1. The second-order valence-electron chi connectivity index (χ2n) is 5.55. The van der Waals surface area contributed by atoms with Gasteiger partial charge in [-0.25, -0.2) is 0 Å². The highest BCUT2D eigenvalue weighted by Gasteiger charge is 2.18. The summed E-state index contributed by atoms with van der Waals surface area (Å²) in [6.45, 7) is 1.34. The number of benzene rings is 2. The maximum Gasteiger partial charge on any atom is 0.312 e. The average Bonchev–Trinajstić information content (AvgIpc) is 3.18. The molecule has 0 aliphatic carbocycles. The zero-order valence-corrected chi connectivity index (χ0v) is 15.0. The number of thiophene rings is 1. The Kier molecular flexibility index (Phi) is 5.28. The second kappa shape index (κ2) is 7.79. The molecule has 0 atom stereocenters. The minimum absolute atomic E-state index is 0.0281. The Bertz CT molecular complexity index is 997.